The Morgan fingerprint density at radius 3 is 2.70 bits per heavy atom. The van der Waals surface area contributed by atoms with E-state index in [1.165, 1.54) is 0 Å². The number of rotatable bonds is 8. The lowest BCUT2D eigenvalue weighted by atomic mass is 10.2. The third-order valence-electron chi connectivity index (χ3n) is 3.19. The fourth-order valence-corrected chi connectivity index (χ4v) is 2.90. The van der Waals surface area contributed by atoms with Gasteiger partial charge in [0.1, 0.15) is 11.6 Å². The van der Waals surface area contributed by atoms with E-state index in [2.05, 4.69) is 35.3 Å². The molecule has 1 aromatic heterocycles. The zero-order valence-corrected chi connectivity index (χ0v) is 14.9. The second-order valence-electron chi connectivity index (χ2n) is 4.79. The third kappa shape index (κ3) is 4.90. The fourth-order valence-electron chi connectivity index (χ4n) is 1.76. The summed E-state index contributed by atoms with van der Waals surface area (Å²) in [5.74, 6) is 2.61. The van der Waals surface area contributed by atoms with Crippen molar-refractivity contribution < 1.29 is 0 Å². The average Bonchev–Trinajstić information content (AvgIpc) is 2.43. The molecular formula is C14H23Cl2N3S. The highest BCUT2D eigenvalue weighted by molar-refractivity contribution is 7.98. The number of nitrogens with one attached hydrogen (secondary N) is 1. The van der Waals surface area contributed by atoms with Crippen molar-refractivity contribution in [3.8, 4) is 0 Å². The van der Waals surface area contributed by atoms with Crippen molar-refractivity contribution in [1.82, 2.24) is 4.98 Å². The van der Waals surface area contributed by atoms with Crippen LogP contribution in [0.3, 0.4) is 0 Å². The van der Waals surface area contributed by atoms with Crippen LogP contribution < -0.4 is 10.2 Å². The minimum Gasteiger partial charge on any atom is -0.369 e. The van der Waals surface area contributed by atoms with E-state index in [0.717, 1.165) is 31.0 Å². The smallest absolute Gasteiger partial charge is 0.149 e. The van der Waals surface area contributed by atoms with Crippen molar-refractivity contribution in [3.63, 3.8) is 0 Å². The third-order valence-corrected chi connectivity index (χ3v) is 4.40. The van der Waals surface area contributed by atoms with Crippen LogP contribution >= 0.6 is 35.0 Å². The lowest BCUT2D eigenvalue weighted by Crippen LogP contribution is -2.30. The first kappa shape index (κ1) is 17.7. The zero-order chi connectivity index (χ0) is 15.1. The van der Waals surface area contributed by atoms with Gasteiger partial charge in [-0.1, -0.05) is 30.1 Å². The van der Waals surface area contributed by atoms with Crippen molar-refractivity contribution >= 4 is 46.6 Å². The van der Waals surface area contributed by atoms with Crippen LogP contribution in [0.25, 0.3) is 0 Å². The highest BCUT2D eigenvalue weighted by atomic mass is 35.5. The number of halogens is 2. The lowest BCUT2D eigenvalue weighted by Gasteiger charge is -2.27. The maximum Gasteiger partial charge on any atom is 0.149 e. The predicted molar refractivity (Wildman–Crippen MR) is 93.9 cm³/mol. The van der Waals surface area contributed by atoms with Gasteiger partial charge in [0.05, 0.1) is 10.0 Å². The van der Waals surface area contributed by atoms with Crippen molar-refractivity contribution in [1.29, 1.82) is 0 Å². The summed E-state index contributed by atoms with van der Waals surface area (Å²) >= 11 is 14.3. The second kappa shape index (κ2) is 8.85. The van der Waals surface area contributed by atoms with Crippen LogP contribution in [0.5, 0.6) is 0 Å². The Balaban J connectivity index is 2.92. The largest absolute Gasteiger partial charge is 0.369 e. The summed E-state index contributed by atoms with van der Waals surface area (Å²) in [6.07, 6.45) is 4.24. The fraction of sp³-hybridized carbons (Fsp3) is 0.643. The number of thioether (sulfide) groups is 1. The Morgan fingerprint density at radius 1 is 1.40 bits per heavy atom. The first-order valence-corrected chi connectivity index (χ1v) is 8.97. The van der Waals surface area contributed by atoms with Gasteiger partial charge in [0.15, 0.2) is 0 Å². The van der Waals surface area contributed by atoms with Gasteiger partial charge in [0.25, 0.3) is 0 Å². The van der Waals surface area contributed by atoms with Gasteiger partial charge >= 0.3 is 0 Å². The van der Waals surface area contributed by atoms with Gasteiger partial charge < -0.3 is 10.2 Å². The van der Waals surface area contributed by atoms with E-state index >= 15 is 0 Å². The summed E-state index contributed by atoms with van der Waals surface area (Å²) in [6, 6.07) is 2.15. The molecule has 1 N–H and O–H groups in total. The van der Waals surface area contributed by atoms with Gasteiger partial charge in [-0.15, -0.1) is 0 Å². The molecule has 0 spiro atoms. The molecule has 1 heterocycles. The molecule has 0 saturated carbocycles. The predicted octanol–water partition coefficient (Wildman–Crippen LogP) is 4.79. The molecule has 0 saturated heterocycles. The van der Waals surface area contributed by atoms with E-state index in [1.54, 1.807) is 6.07 Å². The molecule has 1 unspecified atom stereocenters. The number of hydrogen-bond donors (Lipinski definition) is 1. The van der Waals surface area contributed by atoms with Crippen molar-refractivity contribution in [2.75, 3.05) is 35.8 Å². The van der Waals surface area contributed by atoms with Gasteiger partial charge in [-0.3, -0.25) is 0 Å². The van der Waals surface area contributed by atoms with Crippen LogP contribution in [0.15, 0.2) is 6.07 Å². The molecule has 114 valence electrons. The van der Waals surface area contributed by atoms with Gasteiger partial charge in [0, 0.05) is 19.6 Å². The van der Waals surface area contributed by atoms with Gasteiger partial charge in [-0.25, -0.2) is 4.98 Å². The van der Waals surface area contributed by atoms with Crippen molar-refractivity contribution in [2.45, 2.75) is 32.7 Å². The number of anilines is 2. The molecule has 0 aliphatic carbocycles. The molecular weight excluding hydrogens is 313 g/mol. The minimum atomic E-state index is 0.382. The van der Waals surface area contributed by atoms with E-state index in [0.29, 0.717) is 21.9 Å². The zero-order valence-electron chi connectivity index (χ0n) is 12.5. The van der Waals surface area contributed by atoms with Crippen LogP contribution in [0, 0.1) is 0 Å². The molecule has 1 rings (SSSR count). The highest BCUT2D eigenvalue weighted by Gasteiger charge is 2.17. The maximum absolute atomic E-state index is 6.29. The Kier molecular flexibility index (Phi) is 7.85. The highest BCUT2D eigenvalue weighted by Crippen LogP contribution is 2.32. The molecule has 1 aromatic rings. The summed E-state index contributed by atoms with van der Waals surface area (Å²) in [4.78, 5) is 6.70. The maximum atomic E-state index is 6.29. The first-order chi connectivity index (χ1) is 9.51. The summed E-state index contributed by atoms with van der Waals surface area (Å²) in [5.41, 5.74) is 0. The molecule has 0 aliphatic heterocycles. The quantitative estimate of drug-likeness (QED) is 0.739. The number of pyridine rings is 1. The second-order valence-corrected chi connectivity index (χ2v) is 6.59. The Morgan fingerprint density at radius 2 is 2.10 bits per heavy atom. The normalized spacial score (nSPS) is 12.3. The van der Waals surface area contributed by atoms with Gasteiger partial charge in [-0.05, 0) is 37.8 Å². The van der Waals surface area contributed by atoms with Crippen LogP contribution in [0.4, 0.5) is 11.6 Å². The standard InChI is InChI=1S/C14H23Cl2N3S/c1-5-7-17-13-11(15)9-12(16)14(18-13)19(3)10(2)6-8-20-4/h9-10H,5-8H2,1-4H3,(H,17,18). The summed E-state index contributed by atoms with van der Waals surface area (Å²) in [5, 5.41) is 4.39. The van der Waals surface area contributed by atoms with Crippen LogP contribution in [0.2, 0.25) is 10.0 Å². The van der Waals surface area contributed by atoms with Gasteiger partial charge in [-0.2, -0.15) is 11.8 Å². The number of aromatic nitrogens is 1. The van der Waals surface area contributed by atoms with E-state index in [9.17, 15) is 0 Å². The van der Waals surface area contributed by atoms with Gasteiger partial charge in [0.2, 0.25) is 0 Å². The molecule has 0 radical (unpaired) electrons. The molecule has 0 aromatic carbocycles. The molecule has 0 amide bonds. The Labute approximate surface area is 136 Å². The van der Waals surface area contributed by atoms with Crippen LogP contribution in [-0.4, -0.2) is 36.6 Å². The van der Waals surface area contributed by atoms with E-state index in [1.807, 2.05) is 18.8 Å². The topological polar surface area (TPSA) is 28.2 Å². The van der Waals surface area contributed by atoms with Crippen molar-refractivity contribution in [3.05, 3.63) is 16.1 Å². The SMILES string of the molecule is CCCNc1nc(N(C)C(C)CCSC)c(Cl)cc1Cl. The van der Waals surface area contributed by atoms with Crippen LogP contribution in [0.1, 0.15) is 26.7 Å². The number of nitrogens with zero attached hydrogens (tertiary/aromatic N) is 2. The van der Waals surface area contributed by atoms with E-state index in [-0.39, 0.29) is 0 Å². The van der Waals surface area contributed by atoms with E-state index in [4.69, 9.17) is 23.2 Å². The summed E-state index contributed by atoms with van der Waals surface area (Å²) in [7, 11) is 2.02. The Bertz CT molecular complexity index is 429. The first-order valence-electron chi connectivity index (χ1n) is 6.82. The summed E-state index contributed by atoms with van der Waals surface area (Å²) in [6.45, 7) is 5.13. The van der Waals surface area contributed by atoms with Crippen LogP contribution in [-0.2, 0) is 0 Å². The monoisotopic (exact) mass is 335 g/mol. The van der Waals surface area contributed by atoms with Crippen molar-refractivity contribution in [2.24, 2.45) is 0 Å². The van der Waals surface area contributed by atoms with E-state index < -0.39 is 0 Å². The molecule has 20 heavy (non-hydrogen) atoms. The molecule has 3 nitrogen and oxygen atoms in total. The molecule has 0 fully saturated rings. The minimum absolute atomic E-state index is 0.382. The molecule has 6 heteroatoms. The Hall–Kier alpha value is -0.320. The number of hydrogen-bond acceptors (Lipinski definition) is 4. The molecule has 0 aliphatic rings. The molecule has 1 atom stereocenters. The molecule has 0 bridgehead atoms. The summed E-state index contributed by atoms with van der Waals surface area (Å²) < 4.78 is 0. The lowest BCUT2D eigenvalue weighted by molar-refractivity contribution is 0.662. The average molecular weight is 336 g/mol.